The Labute approximate surface area is 113 Å². The van der Waals surface area contributed by atoms with Crippen LogP contribution in [0.5, 0.6) is 0 Å². The normalized spacial score (nSPS) is 24.9. The molecule has 1 aliphatic carbocycles. The second kappa shape index (κ2) is 4.82. The third-order valence-electron chi connectivity index (χ3n) is 4.14. The van der Waals surface area contributed by atoms with Gasteiger partial charge in [-0.3, -0.25) is 4.79 Å². The fourth-order valence-corrected chi connectivity index (χ4v) is 2.88. The summed E-state index contributed by atoms with van der Waals surface area (Å²) < 4.78 is 0. The monoisotopic (exact) mass is 257 g/mol. The lowest BCUT2D eigenvalue weighted by Gasteiger charge is -2.27. The molecule has 1 saturated heterocycles. The standard InChI is InChI=1S/C16H19NO2/c18-15(9-8-13-5-2-1-3-6-13)17-12-4-7-14(17)16(19)10-11-16/h1-3,5-6,8-9,14,19H,4,7,10-12H2/b9-8+. The van der Waals surface area contributed by atoms with Crippen molar-refractivity contribution in [3.63, 3.8) is 0 Å². The molecule has 2 aliphatic rings. The lowest BCUT2D eigenvalue weighted by Crippen LogP contribution is -2.43. The molecule has 2 fully saturated rings. The van der Waals surface area contributed by atoms with Gasteiger partial charge in [-0.2, -0.15) is 0 Å². The highest BCUT2D eigenvalue weighted by atomic mass is 16.3. The van der Waals surface area contributed by atoms with Gasteiger partial charge in [0.1, 0.15) is 0 Å². The van der Waals surface area contributed by atoms with E-state index in [-0.39, 0.29) is 11.9 Å². The molecule has 0 aromatic heterocycles. The van der Waals surface area contributed by atoms with E-state index in [0.717, 1.165) is 37.8 Å². The highest BCUT2D eigenvalue weighted by Gasteiger charge is 2.52. The van der Waals surface area contributed by atoms with E-state index < -0.39 is 5.60 Å². The summed E-state index contributed by atoms with van der Waals surface area (Å²) in [6.45, 7) is 0.769. The Morgan fingerprint density at radius 1 is 1.32 bits per heavy atom. The van der Waals surface area contributed by atoms with Gasteiger partial charge >= 0.3 is 0 Å². The molecule has 0 radical (unpaired) electrons. The predicted octanol–water partition coefficient (Wildman–Crippen LogP) is 2.22. The van der Waals surface area contributed by atoms with Gasteiger partial charge in [-0.25, -0.2) is 0 Å². The largest absolute Gasteiger partial charge is 0.388 e. The molecule has 3 nitrogen and oxygen atoms in total. The van der Waals surface area contributed by atoms with Crippen molar-refractivity contribution >= 4 is 12.0 Å². The average Bonchev–Trinajstić information content (AvgIpc) is 3.00. The zero-order chi connectivity index (χ0) is 13.3. The van der Waals surface area contributed by atoms with Crippen LogP contribution in [0, 0.1) is 0 Å². The number of benzene rings is 1. The van der Waals surface area contributed by atoms with Crippen molar-refractivity contribution in [2.75, 3.05) is 6.54 Å². The number of nitrogens with zero attached hydrogens (tertiary/aromatic N) is 1. The van der Waals surface area contributed by atoms with Gasteiger partial charge < -0.3 is 10.0 Å². The molecule has 1 atom stereocenters. The lowest BCUT2D eigenvalue weighted by atomic mass is 10.1. The number of aliphatic hydroxyl groups is 1. The van der Waals surface area contributed by atoms with Gasteiger partial charge in [-0.05, 0) is 37.3 Å². The van der Waals surface area contributed by atoms with Gasteiger partial charge in [0.05, 0.1) is 11.6 Å². The van der Waals surface area contributed by atoms with Crippen molar-refractivity contribution in [2.24, 2.45) is 0 Å². The third-order valence-corrected chi connectivity index (χ3v) is 4.14. The Bertz CT molecular complexity index is 491. The molecule has 0 bridgehead atoms. The zero-order valence-electron chi connectivity index (χ0n) is 11.0. The van der Waals surface area contributed by atoms with Gasteiger partial charge in [0, 0.05) is 12.6 Å². The fraction of sp³-hybridized carbons (Fsp3) is 0.438. The Morgan fingerprint density at radius 3 is 2.74 bits per heavy atom. The van der Waals surface area contributed by atoms with Gasteiger partial charge in [0.25, 0.3) is 0 Å². The van der Waals surface area contributed by atoms with Crippen molar-refractivity contribution in [1.82, 2.24) is 4.90 Å². The van der Waals surface area contributed by atoms with Crippen molar-refractivity contribution in [3.05, 3.63) is 42.0 Å². The number of carbonyl (C=O) groups excluding carboxylic acids is 1. The molecule has 3 rings (SSSR count). The number of amides is 1. The van der Waals surface area contributed by atoms with E-state index in [1.807, 2.05) is 41.3 Å². The molecule has 100 valence electrons. The van der Waals surface area contributed by atoms with Crippen LogP contribution in [0.3, 0.4) is 0 Å². The molecule has 0 spiro atoms. The number of likely N-dealkylation sites (tertiary alicyclic amines) is 1. The van der Waals surface area contributed by atoms with E-state index in [2.05, 4.69) is 0 Å². The molecule has 1 aromatic rings. The first-order chi connectivity index (χ1) is 9.19. The number of rotatable bonds is 3. The molecular formula is C16H19NO2. The zero-order valence-corrected chi connectivity index (χ0v) is 11.0. The van der Waals surface area contributed by atoms with E-state index >= 15 is 0 Å². The SMILES string of the molecule is O=C(/C=C/c1ccccc1)N1CCCC1C1(O)CC1. The Morgan fingerprint density at radius 2 is 2.05 bits per heavy atom. The quantitative estimate of drug-likeness (QED) is 0.843. The van der Waals surface area contributed by atoms with Crippen LogP contribution in [-0.4, -0.2) is 34.1 Å². The summed E-state index contributed by atoms with van der Waals surface area (Å²) >= 11 is 0. The molecule has 1 unspecified atom stereocenters. The predicted molar refractivity (Wildman–Crippen MR) is 74.4 cm³/mol. The van der Waals surface area contributed by atoms with Gasteiger partial charge in [0.2, 0.25) is 5.91 Å². The van der Waals surface area contributed by atoms with E-state index in [4.69, 9.17) is 0 Å². The second-order valence-corrected chi connectivity index (χ2v) is 5.54. The van der Waals surface area contributed by atoms with Crippen molar-refractivity contribution in [1.29, 1.82) is 0 Å². The first kappa shape index (κ1) is 12.4. The van der Waals surface area contributed by atoms with E-state index in [1.54, 1.807) is 6.08 Å². The minimum atomic E-state index is -0.591. The van der Waals surface area contributed by atoms with Crippen molar-refractivity contribution in [2.45, 2.75) is 37.3 Å². The van der Waals surface area contributed by atoms with Gasteiger partial charge in [-0.1, -0.05) is 30.3 Å². The minimum absolute atomic E-state index is 0.0201. The maximum atomic E-state index is 12.2. The molecule has 1 N–H and O–H groups in total. The van der Waals surface area contributed by atoms with Gasteiger partial charge in [0.15, 0.2) is 0 Å². The summed E-state index contributed by atoms with van der Waals surface area (Å²) in [5.74, 6) is 0.0201. The molecular weight excluding hydrogens is 238 g/mol. The summed E-state index contributed by atoms with van der Waals surface area (Å²) in [5, 5.41) is 10.2. The number of hydrogen-bond acceptors (Lipinski definition) is 2. The summed E-state index contributed by atoms with van der Waals surface area (Å²) in [4.78, 5) is 14.1. The number of hydrogen-bond donors (Lipinski definition) is 1. The molecule has 1 amide bonds. The first-order valence-electron chi connectivity index (χ1n) is 6.95. The Hall–Kier alpha value is -1.61. The van der Waals surface area contributed by atoms with Crippen LogP contribution >= 0.6 is 0 Å². The topological polar surface area (TPSA) is 40.5 Å². The maximum absolute atomic E-state index is 12.2. The van der Waals surface area contributed by atoms with E-state index in [9.17, 15) is 9.90 Å². The van der Waals surface area contributed by atoms with Crippen LogP contribution in [0.2, 0.25) is 0 Å². The van der Waals surface area contributed by atoms with Crippen LogP contribution in [-0.2, 0) is 4.79 Å². The maximum Gasteiger partial charge on any atom is 0.246 e. The minimum Gasteiger partial charge on any atom is -0.388 e. The van der Waals surface area contributed by atoms with Crippen LogP contribution in [0.25, 0.3) is 6.08 Å². The van der Waals surface area contributed by atoms with Gasteiger partial charge in [-0.15, -0.1) is 0 Å². The molecule has 19 heavy (non-hydrogen) atoms. The molecule has 1 aliphatic heterocycles. The highest BCUT2D eigenvalue weighted by Crippen LogP contribution is 2.44. The summed E-state index contributed by atoms with van der Waals surface area (Å²) in [6, 6.07) is 9.84. The Kier molecular flexibility index (Phi) is 3.15. The molecule has 3 heteroatoms. The fourth-order valence-electron chi connectivity index (χ4n) is 2.88. The van der Waals surface area contributed by atoms with Crippen LogP contribution < -0.4 is 0 Å². The molecule has 1 heterocycles. The first-order valence-corrected chi connectivity index (χ1v) is 6.95. The van der Waals surface area contributed by atoms with Crippen LogP contribution in [0.15, 0.2) is 36.4 Å². The highest BCUT2D eigenvalue weighted by molar-refractivity contribution is 5.92. The molecule has 1 saturated carbocycles. The van der Waals surface area contributed by atoms with E-state index in [0.29, 0.717) is 0 Å². The second-order valence-electron chi connectivity index (χ2n) is 5.54. The Balaban J connectivity index is 1.68. The third kappa shape index (κ3) is 2.56. The van der Waals surface area contributed by atoms with Crippen LogP contribution in [0.1, 0.15) is 31.2 Å². The summed E-state index contributed by atoms with van der Waals surface area (Å²) in [5.41, 5.74) is 0.434. The van der Waals surface area contributed by atoms with Crippen molar-refractivity contribution in [3.8, 4) is 0 Å². The number of carbonyl (C=O) groups is 1. The molecule has 1 aromatic carbocycles. The summed E-state index contributed by atoms with van der Waals surface area (Å²) in [6.07, 6.45) is 7.07. The smallest absolute Gasteiger partial charge is 0.246 e. The lowest BCUT2D eigenvalue weighted by molar-refractivity contribution is -0.129. The average molecular weight is 257 g/mol. The summed E-state index contributed by atoms with van der Waals surface area (Å²) in [7, 11) is 0. The van der Waals surface area contributed by atoms with E-state index in [1.165, 1.54) is 0 Å². The van der Waals surface area contributed by atoms with Crippen LogP contribution in [0.4, 0.5) is 0 Å². The van der Waals surface area contributed by atoms with Crippen molar-refractivity contribution < 1.29 is 9.90 Å².